The van der Waals surface area contributed by atoms with E-state index in [4.69, 9.17) is 5.84 Å². The number of nitrogens with zero attached hydrogens (tertiary/aromatic N) is 1. The van der Waals surface area contributed by atoms with Crippen LogP contribution in [0.2, 0.25) is 0 Å². The zero-order valence-electron chi connectivity index (χ0n) is 9.29. The van der Waals surface area contributed by atoms with Gasteiger partial charge in [0, 0.05) is 11.1 Å². The molecule has 2 aromatic rings. The van der Waals surface area contributed by atoms with E-state index in [1.807, 2.05) is 6.07 Å². The zero-order chi connectivity index (χ0) is 11.7. The summed E-state index contributed by atoms with van der Waals surface area (Å²) >= 11 is 0. The SMILES string of the molecule is CC(C)c1cc(NN)c2cc(F)ccc2n1. The van der Waals surface area contributed by atoms with Gasteiger partial charge in [0.2, 0.25) is 0 Å². The third-order valence-electron chi connectivity index (χ3n) is 2.54. The summed E-state index contributed by atoms with van der Waals surface area (Å²) in [7, 11) is 0. The van der Waals surface area contributed by atoms with Gasteiger partial charge >= 0.3 is 0 Å². The highest BCUT2D eigenvalue weighted by Gasteiger charge is 2.08. The lowest BCUT2D eigenvalue weighted by molar-refractivity contribution is 0.629. The molecule has 2 rings (SSSR count). The Morgan fingerprint density at radius 2 is 2.06 bits per heavy atom. The van der Waals surface area contributed by atoms with E-state index in [0.29, 0.717) is 17.0 Å². The number of anilines is 1. The highest BCUT2D eigenvalue weighted by atomic mass is 19.1. The van der Waals surface area contributed by atoms with Crippen LogP contribution in [0.4, 0.5) is 10.1 Å². The summed E-state index contributed by atoms with van der Waals surface area (Å²) in [5, 5.41) is 0.701. The van der Waals surface area contributed by atoms with Crippen molar-refractivity contribution in [3.63, 3.8) is 0 Å². The molecule has 0 spiro atoms. The van der Waals surface area contributed by atoms with Crippen LogP contribution in [-0.4, -0.2) is 4.98 Å². The van der Waals surface area contributed by atoms with Gasteiger partial charge in [0.15, 0.2) is 0 Å². The van der Waals surface area contributed by atoms with Crippen LogP contribution >= 0.6 is 0 Å². The number of benzene rings is 1. The molecule has 0 aliphatic carbocycles. The van der Waals surface area contributed by atoms with E-state index >= 15 is 0 Å². The number of nitrogens with one attached hydrogen (secondary N) is 1. The summed E-state index contributed by atoms with van der Waals surface area (Å²) in [6.45, 7) is 4.11. The zero-order valence-corrected chi connectivity index (χ0v) is 9.29. The highest BCUT2D eigenvalue weighted by Crippen LogP contribution is 2.26. The minimum absolute atomic E-state index is 0.289. The van der Waals surface area contributed by atoms with Crippen LogP contribution < -0.4 is 11.3 Å². The second-order valence-corrected chi connectivity index (χ2v) is 4.06. The van der Waals surface area contributed by atoms with Crippen molar-refractivity contribution < 1.29 is 4.39 Å². The quantitative estimate of drug-likeness (QED) is 0.603. The lowest BCUT2D eigenvalue weighted by atomic mass is 10.1. The van der Waals surface area contributed by atoms with Gasteiger partial charge in [0.1, 0.15) is 5.82 Å². The molecule has 3 nitrogen and oxygen atoms in total. The van der Waals surface area contributed by atoms with Crippen LogP contribution in [0.25, 0.3) is 10.9 Å². The molecule has 84 valence electrons. The molecule has 0 amide bonds. The summed E-state index contributed by atoms with van der Waals surface area (Å²) in [4.78, 5) is 4.46. The van der Waals surface area contributed by atoms with Gasteiger partial charge in [0.05, 0.1) is 11.2 Å². The Morgan fingerprint density at radius 1 is 1.31 bits per heavy atom. The number of pyridine rings is 1. The Hall–Kier alpha value is -1.68. The summed E-state index contributed by atoms with van der Waals surface area (Å²) < 4.78 is 13.1. The first-order valence-electron chi connectivity index (χ1n) is 5.18. The molecule has 0 aliphatic rings. The molecule has 0 bridgehead atoms. The van der Waals surface area contributed by atoms with E-state index in [1.165, 1.54) is 12.1 Å². The van der Waals surface area contributed by atoms with E-state index in [2.05, 4.69) is 24.3 Å². The van der Waals surface area contributed by atoms with E-state index < -0.39 is 0 Å². The Kier molecular flexibility index (Phi) is 2.75. The van der Waals surface area contributed by atoms with Crippen molar-refractivity contribution >= 4 is 16.6 Å². The van der Waals surface area contributed by atoms with Crippen molar-refractivity contribution in [3.8, 4) is 0 Å². The fourth-order valence-electron chi connectivity index (χ4n) is 1.63. The maximum absolute atomic E-state index is 13.1. The second kappa shape index (κ2) is 4.06. The van der Waals surface area contributed by atoms with Gasteiger partial charge in [-0.15, -0.1) is 0 Å². The lowest BCUT2D eigenvalue weighted by Crippen LogP contribution is -2.09. The maximum atomic E-state index is 13.1. The monoisotopic (exact) mass is 219 g/mol. The van der Waals surface area contributed by atoms with Crippen molar-refractivity contribution in [2.45, 2.75) is 19.8 Å². The van der Waals surface area contributed by atoms with Crippen molar-refractivity contribution in [3.05, 3.63) is 35.8 Å². The van der Waals surface area contributed by atoms with Gasteiger partial charge in [-0.3, -0.25) is 10.8 Å². The van der Waals surface area contributed by atoms with Crippen LogP contribution in [0.1, 0.15) is 25.5 Å². The minimum Gasteiger partial charge on any atom is -0.323 e. The van der Waals surface area contributed by atoms with Crippen LogP contribution in [0, 0.1) is 5.82 Å². The molecule has 16 heavy (non-hydrogen) atoms. The third-order valence-corrected chi connectivity index (χ3v) is 2.54. The van der Waals surface area contributed by atoms with Crippen molar-refractivity contribution in [2.75, 3.05) is 5.43 Å². The predicted octanol–water partition coefficient (Wildman–Crippen LogP) is 2.78. The van der Waals surface area contributed by atoms with Crippen LogP contribution in [0.3, 0.4) is 0 Å². The molecule has 0 atom stereocenters. The van der Waals surface area contributed by atoms with Gasteiger partial charge in [-0.05, 0) is 30.2 Å². The first-order chi connectivity index (χ1) is 7.61. The van der Waals surface area contributed by atoms with Gasteiger partial charge in [-0.2, -0.15) is 0 Å². The molecule has 0 radical (unpaired) electrons. The summed E-state index contributed by atoms with van der Waals surface area (Å²) in [5.41, 5.74) is 4.98. The topological polar surface area (TPSA) is 50.9 Å². The van der Waals surface area contributed by atoms with E-state index in [0.717, 1.165) is 11.2 Å². The fourth-order valence-corrected chi connectivity index (χ4v) is 1.63. The average Bonchev–Trinajstić information content (AvgIpc) is 2.27. The van der Waals surface area contributed by atoms with E-state index in [9.17, 15) is 4.39 Å². The fraction of sp³-hybridized carbons (Fsp3) is 0.250. The standard InChI is InChI=1S/C12H14FN3/c1-7(2)11-6-12(16-14)9-5-8(13)3-4-10(9)15-11/h3-7H,14H2,1-2H3,(H,15,16). The van der Waals surface area contributed by atoms with Gasteiger partial charge in [-0.1, -0.05) is 13.8 Å². The number of nitrogen functional groups attached to an aromatic ring is 1. The van der Waals surface area contributed by atoms with Crippen molar-refractivity contribution in [2.24, 2.45) is 5.84 Å². The molecule has 4 heteroatoms. The van der Waals surface area contributed by atoms with E-state index in [-0.39, 0.29) is 5.82 Å². The molecular formula is C12H14FN3. The number of aromatic nitrogens is 1. The molecule has 1 heterocycles. The number of nitrogens with two attached hydrogens (primary N) is 1. The number of fused-ring (bicyclic) bond motifs is 1. The first-order valence-corrected chi connectivity index (χ1v) is 5.18. The van der Waals surface area contributed by atoms with Gasteiger partial charge in [0.25, 0.3) is 0 Å². The second-order valence-electron chi connectivity index (χ2n) is 4.06. The normalized spacial score (nSPS) is 11.1. The predicted molar refractivity (Wildman–Crippen MR) is 63.6 cm³/mol. The van der Waals surface area contributed by atoms with Crippen molar-refractivity contribution in [1.29, 1.82) is 0 Å². The molecule has 0 aliphatic heterocycles. The largest absolute Gasteiger partial charge is 0.323 e. The molecule has 1 aromatic carbocycles. The van der Waals surface area contributed by atoms with Gasteiger partial charge < -0.3 is 5.43 Å². The molecule has 0 saturated heterocycles. The number of rotatable bonds is 2. The summed E-state index contributed by atoms with van der Waals surface area (Å²) in [6, 6.07) is 6.35. The minimum atomic E-state index is -0.289. The summed E-state index contributed by atoms with van der Waals surface area (Å²) in [6.07, 6.45) is 0. The highest BCUT2D eigenvalue weighted by molar-refractivity contribution is 5.91. The average molecular weight is 219 g/mol. The van der Waals surface area contributed by atoms with Crippen LogP contribution in [-0.2, 0) is 0 Å². The lowest BCUT2D eigenvalue weighted by Gasteiger charge is -2.11. The number of hydrazine groups is 1. The van der Waals surface area contributed by atoms with Crippen molar-refractivity contribution in [1.82, 2.24) is 4.98 Å². The Labute approximate surface area is 93.5 Å². The Balaban J connectivity index is 2.73. The molecular weight excluding hydrogens is 205 g/mol. The van der Waals surface area contributed by atoms with Crippen LogP contribution in [0.15, 0.2) is 24.3 Å². The number of hydrogen-bond donors (Lipinski definition) is 2. The smallest absolute Gasteiger partial charge is 0.124 e. The summed E-state index contributed by atoms with van der Waals surface area (Å²) in [5.74, 6) is 5.45. The molecule has 0 unspecified atom stereocenters. The number of hydrogen-bond acceptors (Lipinski definition) is 3. The maximum Gasteiger partial charge on any atom is 0.124 e. The van der Waals surface area contributed by atoms with E-state index in [1.54, 1.807) is 6.07 Å². The van der Waals surface area contributed by atoms with Gasteiger partial charge in [-0.25, -0.2) is 4.39 Å². The first kappa shape index (κ1) is 10.8. The van der Waals surface area contributed by atoms with Crippen LogP contribution in [0.5, 0.6) is 0 Å². The molecule has 0 fully saturated rings. The molecule has 3 N–H and O–H groups in total. The Morgan fingerprint density at radius 3 is 2.69 bits per heavy atom. The molecule has 0 saturated carbocycles. The number of halogens is 1. The molecule has 1 aromatic heterocycles. The Bertz CT molecular complexity index is 523. The third kappa shape index (κ3) is 1.84.